The molecule has 2 unspecified atom stereocenters. The minimum Gasteiger partial charge on any atom is -0.388 e. The third-order valence-electron chi connectivity index (χ3n) is 4.46. The van der Waals surface area contributed by atoms with Gasteiger partial charge in [-0.15, -0.1) is 0 Å². The van der Waals surface area contributed by atoms with E-state index in [1.807, 2.05) is 0 Å². The molecule has 1 N–H and O–H groups in total. The lowest BCUT2D eigenvalue weighted by atomic mass is 9.96. The highest BCUT2D eigenvalue weighted by molar-refractivity contribution is 5.26. The normalized spacial score (nSPS) is 23.2. The van der Waals surface area contributed by atoms with Crippen molar-refractivity contribution in [2.75, 3.05) is 33.7 Å². The van der Waals surface area contributed by atoms with E-state index in [1.165, 1.54) is 5.56 Å². The summed E-state index contributed by atoms with van der Waals surface area (Å²) >= 11 is 0. The molecule has 20 heavy (non-hydrogen) atoms. The number of hydrogen-bond acceptors (Lipinski definition) is 3. The van der Waals surface area contributed by atoms with Crippen molar-refractivity contribution in [2.45, 2.75) is 38.3 Å². The van der Waals surface area contributed by atoms with Gasteiger partial charge in [-0.3, -0.25) is 0 Å². The summed E-state index contributed by atoms with van der Waals surface area (Å²) in [6.45, 7) is 7.63. The quantitative estimate of drug-likeness (QED) is 0.915. The number of benzene rings is 1. The first kappa shape index (κ1) is 15.5. The van der Waals surface area contributed by atoms with Crippen LogP contribution in [-0.2, 0) is 0 Å². The van der Waals surface area contributed by atoms with E-state index in [4.69, 9.17) is 0 Å². The summed E-state index contributed by atoms with van der Waals surface area (Å²) in [6, 6.07) is 8.87. The summed E-state index contributed by atoms with van der Waals surface area (Å²) in [5, 5.41) is 10.5. The Balaban J connectivity index is 1.98. The van der Waals surface area contributed by atoms with Crippen LogP contribution in [0.2, 0.25) is 0 Å². The lowest BCUT2D eigenvalue weighted by Gasteiger charge is -2.38. The molecule has 0 saturated carbocycles. The lowest BCUT2D eigenvalue weighted by Crippen LogP contribution is -2.50. The SMILES string of the molecule is CC(C)c1ccc(C(O)CC2CN(C)CCN2C)cc1. The second kappa shape index (κ2) is 6.70. The van der Waals surface area contributed by atoms with Crippen molar-refractivity contribution in [2.24, 2.45) is 0 Å². The Labute approximate surface area is 123 Å². The maximum absolute atomic E-state index is 10.5. The number of nitrogens with zero attached hydrogens (tertiary/aromatic N) is 2. The van der Waals surface area contributed by atoms with Crippen LogP contribution in [0.5, 0.6) is 0 Å². The second-order valence-electron chi connectivity index (χ2n) is 6.47. The van der Waals surface area contributed by atoms with Crippen molar-refractivity contribution in [3.8, 4) is 0 Å². The Hall–Kier alpha value is -0.900. The molecule has 1 fully saturated rings. The Kier molecular flexibility index (Phi) is 5.19. The zero-order chi connectivity index (χ0) is 14.7. The maximum atomic E-state index is 10.5. The van der Waals surface area contributed by atoms with Crippen molar-refractivity contribution in [3.63, 3.8) is 0 Å². The summed E-state index contributed by atoms with van der Waals surface area (Å²) in [4.78, 5) is 4.71. The second-order valence-corrected chi connectivity index (χ2v) is 6.47. The zero-order valence-electron chi connectivity index (χ0n) is 13.2. The number of rotatable bonds is 4. The Morgan fingerprint density at radius 2 is 1.70 bits per heavy atom. The monoisotopic (exact) mass is 276 g/mol. The zero-order valence-corrected chi connectivity index (χ0v) is 13.2. The maximum Gasteiger partial charge on any atom is 0.0805 e. The van der Waals surface area contributed by atoms with Gasteiger partial charge in [-0.05, 0) is 37.6 Å². The fraction of sp³-hybridized carbons (Fsp3) is 0.647. The Morgan fingerprint density at radius 3 is 2.30 bits per heavy atom. The third-order valence-corrected chi connectivity index (χ3v) is 4.46. The molecule has 0 spiro atoms. The number of piperazine rings is 1. The standard InChI is InChI=1S/C17H28N2O/c1-13(2)14-5-7-15(8-6-14)17(20)11-16-12-18(3)9-10-19(16)4/h5-8,13,16-17,20H,9-12H2,1-4H3. The average Bonchev–Trinajstić information content (AvgIpc) is 2.43. The van der Waals surface area contributed by atoms with Crippen molar-refractivity contribution in [1.29, 1.82) is 0 Å². The van der Waals surface area contributed by atoms with Gasteiger partial charge in [0.2, 0.25) is 0 Å². The fourth-order valence-corrected chi connectivity index (χ4v) is 2.85. The highest BCUT2D eigenvalue weighted by atomic mass is 16.3. The summed E-state index contributed by atoms with van der Waals surface area (Å²) in [6.07, 6.45) is 0.442. The molecule has 3 heteroatoms. The van der Waals surface area contributed by atoms with E-state index >= 15 is 0 Å². The third kappa shape index (κ3) is 3.81. The molecule has 112 valence electrons. The van der Waals surface area contributed by atoms with Gasteiger partial charge in [-0.25, -0.2) is 0 Å². The van der Waals surface area contributed by atoms with Gasteiger partial charge in [0.15, 0.2) is 0 Å². The molecule has 2 atom stereocenters. The minimum atomic E-state index is -0.366. The molecule has 1 aliphatic rings. The largest absolute Gasteiger partial charge is 0.388 e. The predicted octanol–water partition coefficient (Wildman–Crippen LogP) is 2.48. The summed E-state index contributed by atoms with van der Waals surface area (Å²) in [7, 11) is 4.32. The van der Waals surface area contributed by atoms with Crippen LogP contribution in [0.4, 0.5) is 0 Å². The van der Waals surface area contributed by atoms with E-state index in [9.17, 15) is 5.11 Å². The van der Waals surface area contributed by atoms with Crippen LogP contribution in [0.1, 0.15) is 43.4 Å². The lowest BCUT2D eigenvalue weighted by molar-refractivity contribution is 0.0635. The molecule has 0 radical (unpaired) electrons. The van der Waals surface area contributed by atoms with Crippen molar-refractivity contribution in [1.82, 2.24) is 9.80 Å². The molecule has 1 aromatic carbocycles. The molecule has 1 aliphatic heterocycles. The van der Waals surface area contributed by atoms with E-state index in [0.717, 1.165) is 31.6 Å². The number of aliphatic hydroxyl groups is 1. The molecule has 2 rings (SSSR count). The predicted molar refractivity (Wildman–Crippen MR) is 84.0 cm³/mol. The molecule has 0 amide bonds. The van der Waals surface area contributed by atoms with Crippen LogP contribution in [0, 0.1) is 0 Å². The first-order valence-corrected chi connectivity index (χ1v) is 7.64. The smallest absolute Gasteiger partial charge is 0.0805 e. The van der Waals surface area contributed by atoms with Gasteiger partial charge in [-0.1, -0.05) is 38.1 Å². The Bertz CT molecular complexity index is 416. The molecule has 1 heterocycles. The van der Waals surface area contributed by atoms with Gasteiger partial charge in [0.1, 0.15) is 0 Å². The molecule has 1 saturated heterocycles. The molecule has 3 nitrogen and oxygen atoms in total. The molecule has 0 bridgehead atoms. The molecular weight excluding hydrogens is 248 g/mol. The van der Waals surface area contributed by atoms with Crippen LogP contribution in [0.25, 0.3) is 0 Å². The van der Waals surface area contributed by atoms with Crippen LogP contribution in [-0.4, -0.2) is 54.7 Å². The minimum absolute atomic E-state index is 0.366. The number of aliphatic hydroxyl groups excluding tert-OH is 1. The van der Waals surface area contributed by atoms with E-state index in [-0.39, 0.29) is 6.10 Å². The van der Waals surface area contributed by atoms with Gasteiger partial charge in [0.25, 0.3) is 0 Å². The molecule has 1 aromatic rings. The fourth-order valence-electron chi connectivity index (χ4n) is 2.85. The summed E-state index contributed by atoms with van der Waals surface area (Å²) in [5.74, 6) is 0.541. The van der Waals surface area contributed by atoms with Crippen LogP contribution < -0.4 is 0 Å². The average molecular weight is 276 g/mol. The van der Waals surface area contributed by atoms with E-state index in [2.05, 4.69) is 62.0 Å². The van der Waals surface area contributed by atoms with Crippen molar-refractivity contribution in [3.05, 3.63) is 35.4 Å². The molecule has 0 aromatic heterocycles. The van der Waals surface area contributed by atoms with Crippen molar-refractivity contribution < 1.29 is 5.11 Å². The molecular formula is C17H28N2O. The number of likely N-dealkylation sites (N-methyl/N-ethyl adjacent to an activating group) is 2. The highest BCUT2D eigenvalue weighted by Crippen LogP contribution is 2.24. The summed E-state index contributed by atoms with van der Waals surface area (Å²) in [5.41, 5.74) is 2.37. The topological polar surface area (TPSA) is 26.7 Å². The van der Waals surface area contributed by atoms with E-state index in [1.54, 1.807) is 0 Å². The molecule has 0 aliphatic carbocycles. The van der Waals surface area contributed by atoms with Gasteiger partial charge >= 0.3 is 0 Å². The van der Waals surface area contributed by atoms with Gasteiger partial charge in [0.05, 0.1) is 6.10 Å². The van der Waals surface area contributed by atoms with Gasteiger partial charge in [-0.2, -0.15) is 0 Å². The van der Waals surface area contributed by atoms with Crippen LogP contribution in [0.3, 0.4) is 0 Å². The number of hydrogen-bond donors (Lipinski definition) is 1. The first-order chi connectivity index (χ1) is 9.47. The van der Waals surface area contributed by atoms with E-state index < -0.39 is 0 Å². The van der Waals surface area contributed by atoms with Gasteiger partial charge in [0, 0.05) is 25.7 Å². The highest BCUT2D eigenvalue weighted by Gasteiger charge is 2.25. The Morgan fingerprint density at radius 1 is 1.10 bits per heavy atom. The van der Waals surface area contributed by atoms with Crippen LogP contribution in [0.15, 0.2) is 24.3 Å². The van der Waals surface area contributed by atoms with Gasteiger partial charge < -0.3 is 14.9 Å². The van der Waals surface area contributed by atoms with E-state index in [0.29, 0.717) is 12.0 Å². The summed E-state index contributed by atoms with van der Waals surface area (Å²) < 4.78 is 0. The van der Waals surface area contributed by atoms with Crippen molar-refractivity contribution >= 4 is 0 Å². The first-order valence-electron chi connectivity index (χ1n) is 7.64. The van der Waals surface area contributed by atoms with Crippen LogP contribution >= 0.6 is 0 Å².